The highest BCUT2D eigenvalue weighted by Gasteiger charge is 2.13. The van der Waals surface area contributed by atoms with Gasteiger partial charge in [0.15, 0.2) is 0 Å². The molecular formula is C25H18Cl2FNO2. The van der Waals surface area contributed by atoms with E-state index in [1.165, 1.54) is 13.2 Å². The molecule has 0 atom stereocenters. The average molecular weight is 454 g/mol. The van der Waals surface area contributed by atoms with Crippen LogP contribution in [0.4, 0.5) is 4.39 Å². The van der Waals surface area contributed by atoms with E-state index in [1.54, 1.807) is 24.3 Å². The Bertz CT molecular complexity index is 1310. The minimum absolute atomic E-state index is 0.351. The Balaban J connectivity index is 1.70. The summed E-state index contributed by atoms with van der Waals surface area (Å²) >= 11 is 12.0. The number of aromatic nitrogens is 1. The predicted octanol–water partition coefficient (Wildman–Crippen LogP) is 7.09. The molecular weight excluding hydrogens is 436 g/mol. The molecule has 0 bridgehead atoms. The molecule has 3 nitrogen and oxygen atoms in total. The number of hydrogen-bond donors (Lipinski definition) is 0. The molecule has 0 saturated heterocycles. The van der Waals surface area contributed by atoms with Gasteiger partial charge in [-0.15, -0.1) is 0 Å². The van der Waals surface area contributed by atoms with Crippen molar-refractivity contribution >= 4 is 52.2 Å². The molecule has 0 amide bonds. The van der Waals surface area contributed by atoms with Crippen molar-refractivity contribution in [1.82, 2.24) is 4.57 Å². The van der Waals surface area contributed by atoms with E-state index in [9.17, 15) is 9.18 Å². The molecule has 0 aliphatic heterocycles. The third-order valence-electron chi connectivity index (χ3n) is 5.07. The maximum absolute atomic E-state index is 14.1. The quantitative estimate of drug-likeness (QED) is 0.238. The normalized spacial score (nSPS) is 11.4. The summed E-state index contributed by atoms with van der Waals surface area (Å²) in [6, 6.07) is 17.6. The number of fused-ring (bicyclic) bond motifs is 1. The third-order valence-corrected chi connectivity index (χ3v) is 5.54. The van der Waals surface area contributed by atoms with Gasteiger partial charge < -0.3 is 9.30 Å². The Morgan fingerprint density at radius 2 is 1.74 bits per heavy atom. The number of carbonyl (C=O) groups excluding carboxylic acids is 1. The third kappa shape index (κ3) is 4.50. The zero-order valence-electron chi connectivity index (χ0n) is 16.6. The Morgan fingerprint density at radius 3 is 2.52 bits per heavy atom. The molecule has 1 aromatic heterocycles. The number of methoxy groups -OCH3 is 1. The van der Waals surface area contributed by atoms with E-state index < -0.39 is 0 Å². The van der Waals surface area contributed by atoms with Crippen molar-refractivity contribution in [3.63, 3.8) is 0 Å². The van der Waals surface area contributed by atoms with Crippen molar-refractivity contribution in [2.75, 3.05) is 7.11 Å². The zero-order valence-corrected chi connectivity index (χ0v) is 18.1. The van der Waals surface area contributed by atoms with Gasteiger partial charge in [0.05, 0.1) is 12.7 Å². The molecule has 0 N–H and O–H groups in total. The van der Waals surface area contributed by atoms with Gasteiger partial charge >= 0.3 is 5.97 Å². The summed E-state index contributed by atoms with van der Waals surface area (Å²) in [6.07, 6.45) is 5.46. The van der Waals surface area contributed by atoms with E-state index in [1.807, 2.05) is 53.2 Å². The number of carbonyl (C=O) groups is 1. The summed E-state index contributed by atoms with van der Waals surface area (Å²) in [6.45, 7) is 0.550. The maximum Gasteiger partial charge on any atom is 0.338 e. The van der Waals surface area contributed by atoms with Crippen molar-refractivity contribution in [2.24, 2.45) is 0 Å². The fourth-order valence-corrected chi connectivity index (χ4v) is 3.85. The van der Waals surface area contributed by atoms with Crippen LogP contribution in [0.3, 0.4) is 0 Å². The predicted molar refractivity (Wildman–Crippen MR) is 124 cm³/mol. The van der Waals surface area contributed by atoms with Crippen LogP contribution < -0.4 is 0 Å². The number of rotatable bonds is 5. The van der Waals surface area contributed by atoms with Gasteiger partial charge in [-0.05, 0) is 53.6 Å². The molecule has 0 fully saturated rings. The summed E-state index contributed by atoms with van der Waals surface area (Å²) < 4.78 is 21.1. The monoisotopic (exact) mass is 453 g/mol. The van der Waals surface area contributed by atoms with Gasteiger partial charge in [-0.3, -0.25) is 0 Å². The van der Waals surface area contributed by atoms with Crippen LogP contribution >= 0.6 is 23.2 Å². The van der Waals surface area contributed by atoms with Crippen molar-refractivity contribution in [1.29, 1.82) is 0 Å². The Hall–Kier alpha value is -3.08. The summed E-state index contributed by atoms with van der Waals surface area (Å²) in [4.78, 5) is 12.1. The number of benzene rings is 3. The van der Waals surface area contributed by atoms with Gasteiger partial charge in [0.2, 0.25) is 0 Å². The SMILES string of the molecule is COC(=O)c1cccc2c1ccn2Cc1ccc(Cl)cc1C=Cc1ccc(Cl)cc1F. The summed E-state index contributed by atoms with van der Waals surface area (Å²) in [5, 5.41) is 1.76. The average Bonchev–Trinajstić information content (AvgIpc) is 3.17. The second kappa shape index (κ2) is 8.96. The fraction of sp³-hybridized carbons (Fsp3) is 0.0800. The first-order chi connectivity index (χ1) is 15.0. The highest BCUT2D eigenvalue weighted by molar-refractivity contribution is 6.31. The molecule has 4 aromatic rings. The fourth-order valence-electron chi connectivity index (χ4n) is 3.51. The number of esters is 1. The minimum Gasteiger partial charge on any atom is -0.465 e. The van der Waals surface area contributed by atoms with Gasteiger partial charge in [-0.1, -0.05) is 53.6 Å². The van der Waals surface area contributed by atoms with E-state index in [2.05, 4.69) is 0 Å². The molecule has 6 heteroatoms. The Kier molecular flexibility index (Phi) is 6.12. The molecule has 156 valence electrons. The smallest absolute Gasteiger partial charge is 0.338 e. The number of hydrogen-bond acceptors (Lipinski definition) is 2. The molecule has 0 aliphatic carbocycles. The maximum atomic E-state index is 14.1. The molecule has 0 aliphatic rings. The highest BCUT2D eigenvalue weighted by Crippen LogP contribution is 2.25. The Morgan fingerprint density at radius 1 is 1.00 bits per heavy atom. The van der Waals surface area contributed by atoms with Crippen LogP contribution in [0.25, 0.3) is 23.1 Å². The Labute approximate surface area is 189 Å². The highest BCUT2D eigenvalue weighted by atomic mass is 35.5. The molecule has 1 heterocycles. The van der Waals surface area contributed by atoms with Gasteiger partial charge in [-0.2, -0.15) is 0 Å². The van der Waals surface area contributed by atoms with E-state index in [4.69, 9.17) is 27.9 Å². The van der Waals surface area contributed by atoms with Crippen molar-refractivity contribution in [3.8, 4) is 0 Å². The molecule has 4 rings (SSSR count). The molecule has 0 radical (unpaired) electrons. The number of nitrogens with zero attached hydrogens (tertiary/aromatic N) is 1. The lowest BCUT2D eigenvalue weighted by Crippen LogP contribution is -2.03. The second-order valence-corrected chi connectivity index (χ2v) is 7.89. The summed E-state index contributed by atoms with van der Waals surface area (Å²) in [7, 11) is 1.37. The molecule has 0 saturated carbocycles. The standard InChI is InChI=1S/C25H18Cl2FNO2/c1-31-25(30)22-3-2-4-24-21(22)11-12-29(24)15-18-8-10-19(26)13-17(18)6-5-16-7-9-20(27)14-23(16)28/h2-14H,15H2,1H3. The summed E-state index contributed by atoms with van der Waals surface area (Å²) in [5.41, 5.74) is 3.73. The van der Waals surface area contributed by atoms with Gasteiger partial charge in [0, 0.05) is 39.3 Å². The van der Waals surface area contributed by atoms with Crippen molar-refractivity contribution < 1.29 is 13.9 Å². The van der Waals surface area contributed by atoms with Gasteiger partial charge in [0.1, 0.15) is 5.82 Å². The largest absolute Gasteiger partial charge is 0.465 e. The van der Waals surface area contributed by atoms with Crippen LogP contribution in [0.15, 0.2) is 66.9 Å². The van der Waals surface area contributed by atoms with E-state index in [0.29, 0.717) is 27.7 Å². The lowest BCUT2D eigenvalue weighted by Gasteiger charge is -2.11. The van der Waals surface area contributed by atoms with E-state index in [-0.39, 0.29) is 11.8 Å². The first-order valence-electron chi connectivity index (χ1n) is 9.54. The van der Waals surface area contributed by atoms with Gasteiger partial charge in [-0.25, -0.2) is 9.18 Å². The molecule has 31 heavy (non-hydrogen) atoms. The van der Waals surface area contributed by atoms with Crippen LogP contribution in [0.1, 0.15) is 27.0 Å². The topological polar surface area (TPSA) is 31.2 Å². The first kappa shape index (κ1) is 21.2. The first-order valence-corrected chi connectivity index (χ1v) is 10.3. The van der Waals surface area contributed by atoms with Crippen LogP contribution in [0.2, 0.25) is 10.0 Å². The number of ether oxygens (including phenoxy) is 1. The molecule has 3 aromatic carbocycles. The molecule has 0 unspecified atom stereocenters. The van der Waals surface area contributed by atoms with Crippen LogP contribution in [-0.4, -0.2) is 17.6 Å². The number of halogens is 3. The minimum atomic E-state index is -0.390. The lowest BCUT2D eigenvalue weighted by atomic mass is 10.1. The van der Waals surface area contributed by atoms with Crippen molar-refractivity contribution in [3.05, 3.63) is 105 Å². The summed E-state index contributed by atoms with van der Waals surface area (Å²) in [5.74, 6) is -0.762. The van der Waals surface area contributed by atoms with Crippen LogP contribution in [-0.2, 0) is 11.3 Å². The molecule has 0 spiro atoms. The van der Waals surface area contributed by atoms with Crippen LogP contribution in [0.5, 0.6) is 0 Å². The lowest BCUT2D eigenvalue weighted by molar-refractivity contribution is 0.0603. The van der Waals surface area contributed by atoms with Gasteiger partial charge in [0.25, 0.3) is 0 Å². The van der Waals surface area contributed by atoms with E-state index >= 15 is 0 Å². The van der Waals surface area contributed by atoms with Crippen molar-refractivity contribution in [2.45, 2.75) is 6.54 Å². The second-order valence-electron chi connectivity index (χ2n) is 7.02. The van der Waals surface area contributed by atoms with Crippen LogP contribution in [0, 0.1) is 5.82 Å². The zero-order chi connectivity index (χ0) is 22.0. The van der Waals surface area contributed by atoms with E-state index in [0.717, 1.165) is 22.0 Å².